The molecule has 4 aromatic heterocycles. The fraction of sp³-hybridized carbons (Fsp3) is 0.105. The topological polar surface area (TPSA) is 64.7 Å². The summed E-state index contributed by atoms with van der Waals surface area (Å²) in [6.07, 6.45) is 8.34. The molecule has 0 fully saturated rings. The molecule has 0 saturated carbocycles. The zero-order chi connectivity index (χ0) is 16.1. The van der Waals surface area contributed by atoms with Gasteiger partial charge in [0.05, 0.1) is 5.69 Å². The van der Waals surface area contributed by atoms with Crippen molar-refractivity contribution in [3.63, 3.8) is 0 Å². The van der Waals surface area contributed by atoms with Gasteiger partial charge in [-0.1, -0.05) is 6.07 Å². The third-order valence-corrected chi connectivity index (χ3v) is 5.69. The summed E-state index contributed by atoms with van der Waals surface area (Å²) in [5.41, 5.74) is 10.8. The van der Waals surface area contributed by atoms with E-state index in [-0.39, 0.29) is 5.92 Å². The molecule has 5 heteroatoms. The van der Waals surface area contributed by atoms with E-state index < -0.39 is 0 Å². The molecule has 4 nitrogen and oxygen atoms in total. The van der Waals surface area contributed by atoms with Crippen molar-refractivity contribution in [3.05, 3.63) is 70.4 Å². The van der Waals surface area contributed by atoms with Crippen LogP contribution in [0.2, 0.25) is 0 Å². The molecule has 0 saturated heterocycles. The average Bonchev–Trinajstić information content (AvgIpc) is 3.16. The Kier molecular flexibility index (Phi) is 2.90. The molecule has 0 aromatic carbocycles. The van der Waals surface area contributed by atoms with Gasteiger partial charge in [0, 0.05) is 46.5 Å². The van der Waals surface area contributed by atoms with E-state index in [0.29, 0.717) is 5.82 Å². The number of rotatable bonds is 1. The van der Waals surface area contributed by atoms with E-state index in [0.717, 1.165) is 28.5 Å². The fourth-order valence-corrected chi connectivity index (χ4v) is 4.47. The van der Waals surface area contributed by atoms with Crippen LogP contribution in [-0.4, -0.2) is 15.0 Å². The number of nitrogens with zero attached hydrogens (tertiary/aromatic N) is 3. The summed E-state index contributed by atoms with van der Waals surface area (Å²) in [4.78, 5) is 14.6. The van der Waals surface area contributed by atoms with Crippen molar-refractivity contribution in [3.8, 4) is 11.3 Å². The Bertz CT molecular complexity index is 1060. The molecule has 0 radical (unpaired) electrons. The Morgan fingerprint density at radius 3 is 2.79 bits per heavy atom. The van der Waals surface area contributed by atoms with Gasteiger partial charge in [0.1, 0.15) is 5.82 Å². The molecule has 4 aromatic rings. The first-order chi connectivity index (χ1) is 11.8. The van der Waals surface area contributed by atoms with E-state index in [1.54, 1.807) is 11.3 Å². The van der Waals surface area contributed by atoms with Crippen LogP contribution in [0, 0.1) is 0 Å². The van der Waals surface area contributed by atoms with Crippen LogP contribution >= 0.6 is 11.3 Å². The molecule has 0 spiro atoms. The van der Waals surface area contributed by atoms with Gasteiger partial charge in [-0.05, 0) is 46.5 Å². The Morgan fingerprint density at radius 1 is 1.04 bits per heavy atom. The van der Waals surface area contributed by atoms with Crippen LogP contribution in [0.1, 0.15) is 21.9 Å². The van der Waals surface area contributed by atoms with E-state index in [1.807, 2.05) is 30.9 Å². The molecule has 24 heavy (non-hydrogen) atoms. The van der Waals surface area contributed by atoms with E-state index in [9.17, 15) is 0 Å². The summed E-state index contributed by atoms with van der Waals surface area (Å²) < 4.78 is 0. The molecular formula is C19H14N4S. The van der Waals surface area contributed by atoms with Crippen LogP contribution in [0.25, 0.3) is 22.0 Å². The van der Waals surface area contributed by atoms with Gasteiger partial charge in [-0.3, -0.25) is 9.97 Å². The number of nitrogens with two attached hydrogens (primary N) is 1. The van der Waals surface area contributed by atoms with Gasteiger partial charge in [0.25, 0.3) is 0 Å². The van der Waals surface area contributed by atoms with E-state index in [2.05, 4.69) is 33.5 Å². The first-order valence-corrected chi connectivity index (χ1v) is 8.70. The number of hydrogen-bond donors (Lipinski definition) is 1. The largest absolute Gasteiger partial charge is 0.383 e. The summed E-state index contributed by atoms with van der Waals surface area (Å²) in [6, 6.07) is 8.45. The second-order valence-corrected chi connectivity index (χ2v) is 6.96. The van der Waals surface area contributed by atoms with Gasteiger partial charge in [-0.25, -0.2) is 4.98 Å². The van der Waals surface area contributed by atoms with E-state index >= 15 is 0 Å². The Balaban J connectivity index is 1.91. The molecule has 1 atom stereocenters. The lowest BCUT2D eigenvalue weighted by Crippen LogP contribution is -2.15. The molecule has 4 heterocycles. The number of fused-ring (bicyclic) bond motifs is 5. The molecule has 5 rings (SSSR count). The molecule has 116 valence electrons. The van der Waals surface area contributed by atoms with Crippen LogP contribution in [0.5, 0.6) is 0 Å². The highest BCUT2D eigenvalue weighted by Gasteiger charge is 2.30. The molecule has 0 amide bonds. The highest BCUT2D eigenvalue weighted by atomic mass is 32.1. The SMILES string of the molecule is Nc1nc2c(c3ccncc13)C(c1cccs1)Cc1ccncc1-2. The summed E-state index contributed by atoms with van der Waals surface area (Å²) in [5, 5.41) is 4.19. The number of pyridine rings is 3. The minimum atomic E-state index is 0.285. The first-order valence-electron chi connectivity index (χ1n) is 7.82. The Morgan fingerprint density at radius 2 is 1.92 bits per heavy atom. The van der Waals surface area contributed by atoms with Crippen molar-refractivity contribution in [2.75, 3.05) is 5.73 Å². The minimum Gasteiger partial charge on any atom is -0.383 e. The predicted molar refractivity (Wildman–Crippen MR) is 97.0 cm³/mol. The van der Waals surface area contributed by atoms with Crippen molar-refractivity contribution in [2.45, 2.75) is 12.3 Å². The van der Waals surface area contributed by atoms with Crippen LogP contribution in [0.3, 0.4) is 0 Å². The quantitative estimate of drug-likeness (QED) is 0.572. The lowest BCUT2D eigenvalue weighted by molar-refractivity contribution is 0.808. The molecule has 0 bridgehead atoms. The van der Waals surface area contributed by atoms with Crippen LogP contribution in [-0.2, 0) is 6.42 Å². The highest BCUT2D eigenvalue weighted by molar-refractivity contribution is 7.10. The molecule has 1 aliphatic rings. The van der Waals surface area contributed by atoms with Crippen molar-refractivity contribution in [1.82, 2.24) is 15.0 Å². The van der Waals surface area contributed by atoms with Gasteiger partial charge in [-0.2, -0.15) is 0 Å². The number of nitrogen functional groups attached to an aromatic ring is 1. The van der Waals surface area contributed by atoms with Crippen molar-refractivity contribution in [1.29, 1.82) is 0 Å². The van der Waals surface area contributed by atoms with Crippen molar-refractivity contribution >= 4 is 27.9 Å². The maximum absolute atomic E-state index is 6.23. The number of anilines is 1. The number of hydrogen-bond acceptors (Lipinski definition) is 5. The maximum atomic E-state index is 6.23. The van der Waals surface area contributed by atoms with Crippen molar-refractivity contribution in [2.24, 2.45) is 0 Å². The predicted octanol–water partition coefficient (Wildman–Crippen LogP) is 4.02. The van der Waals surface area contributed by atoms with Gasteiger partial charge in [0.2, 0.25) is 0 Å². The zero-order valence-electron chi connectivity index (χ0n) is 12.8. The van der Waals surface area contributed by atoms with Crippen LogP contribution in [0.4, 0.5) is 5.82 Å². The second kappa shape index (κ2) is 5.11. The molecule has 1 unspecified atom stereocenters. The molecule has 0 aliphatic heterocycles. The summed E-state index contributed by atoms with van der Waals surface area (Å²) in [7, 11) is 0. The molecular weight excluding hydrogens is 316 g/mol. The zero-order valence-corrected chi connectivity index (χ0v) is 13.6. The smallest absolute Gasteiger partial charge is 0.133 e. The fourth-order valence-electron chi connectivity index (χ4n) is 3.63. The lowest BCUT2D eigenvalue weighted by Gasteiger charge is -2.28. The lowest BCUT2D eigenvalue weighted by atomic mass is 9.79. The number of thiophene rings is 1. The van der Waals surface area contributed by atoms with Crippen molar-refractivity contribution < 1.29 is 0 Å². The molecule has 1 aliphatic carbocycles. The summed E-state index contributed by atoms with van der Waals surface area (Å²) in [5.74, 6) is 0.811. The van der Waals surface area contributed by atoms with Gasteiger partial charge in [0.15, 0.2) is 0 Å². The van der Waals surface area contributed by atoms with E-state index in [1.165, 1.54) is 16.0 Å². The Labute approximate surface area is 143 Å². The Hall–Kier alpha value is -2.79. The van der Waals surface area contributed by atoms with Crippen LogP contribution < -0.4 is 5.73 Å². The minimum absolute atomic E-state index is 0.285. The highest BCUT2D eigenvalue weighted by Crippen LogP contribution is 2.46. The van der Waals surface area contributed by atoms with Crippen LogP contribution in [0.15, 0.2) is 54.4 Å². The van der Waals surface area contributed by atoms with E-state index in [4.69, 9.17) is 10.7 Å². The average molecular weight is 330 g/mol. The third kappa shape index (κ3) is 1.88. The normalized spacial score (nSPS) is 15.9. The van der Waals surface area contributed by atoms with Gasteiger partial charge >= 0.3 is 0 Å². The summed E-state index contributed by atoms with van der Waals surface area (Å²) >= 11 is 1.79. The van der Waals surface area contributed by atoms with Gasteiger partial charge < -0.3 is 5.73 Å². The molecule has 2 N–H and O–H groups in total. The summed E-state index contributed by atoms with van der Waals surface area (Å²) in [6.45, 7) is 0. The first kappa shape index (κ1) is 13.6. The standard InChI is InChI=1S/C19H14N4S/c20-19-15-10-22-6-4-12(15)17-13(16-2-1-7-24-16)8-11-3-5-21-9-14(11)18(17)23-19/h1-7,9-10,13H,8H2,(H2,20,23). The number of aromatic nitrogens is 3. The monoisotopic (exact) mass is 330 g/mol. The third-order valence-electron chi connectivity index (χ3n) is 4.70. The second-order valence-electron chi connectivity index (χ2n) is 5.99. The maximum Gasteiger partial charge on any atom is 0.133 e. The van der Waals surface area contributed by atoms with Gasteiger partial charge in [-0.15, -0.1) is 11.3 Å².